The summed E-state index contributed by atoms with van der Waals surface area (Å²) in [4.78, 5) is 11.1. The van der Waals surface area contributed by atoms with Crippen LogP contribution < -0.4 is 0 Å². The molecule has 0 aliphatic carbocycles. The van der Waals surface area contributed by atoms with E-state index in [2.05, 4.69) is 6.92 Å². The topological polar surface area (TPSA) is 59.4 Å². The smallest absolute Gasteiger partial charge is 0.311 e. The van der Waals surface area contributed by atoms with Crippen molar-refractivity contribution in [2.24, 2.45) is 0 Å². The molecule has 0 atom stereocenters. The van der Waals surface area contributed by atoms with E-state index < -0.39 is 0 Å². The van der Waals surface area contributed by atoms with Crippen molar-refractivity contribution in [3.05, 3.63) is 0 Å². The van der Waals surface area contributed by atoms with Crippen LogP contribution in [0, 0.1) is 5.41 Å². The van der Waals surface area contributed by atoms with E-state index in [9.17, 15) is 4.79 Å². The maximum Gasteiger partial charge on any atom is 0.311 e. The first kappa shape index (κ1) is 13.1. The highest BCUT2D eigenvalue weighted by atomic mass is 16.6. The Morgan fingerprint density at radius 1 is 1.36 bits per heavy atom. The Balaban J connectivity index is 3.45. The number of unbranched alkanes of at least 4 members (excludes halogenated alkanes) is 1. The van der Waals surface area contributed by atoms with Crippen LogP contribution in [0.2, 0.25) is 0 Å². The second kappa shape index (κ2) is 8.69. The summed E-state index contributed by atoms with van der Waals surface area (Å²) >= 11 is 0. The third-order valence-electron chi connectivity index (χ3n) is 1.74. The molecule has 0 unspecified atom stereocenters. The van der Waals surface area contributed by atoms with Crippen LogP contribution in [0.1, 0.15) is 32.6 Å². The van der Waals surface area contributed by atoms with Gasteiger partial charge in [-0.3, -0.25) is 4.79 Å². The molecule has 0 aromatic carbocycles. The number of carbonyl (C=O) groups is 1. The third-order valence-corrected chi connectivity index (χ3v) is 1.74. The van der Waals surface area contributed by atoms with E-state index in [1.54, 1.807) is 7.11 Å². The van der Waals surface area contributed by atoms with Gasteiger partial charge < -0.3 is 14.9 Å². The third kappa shape index (κ3) is 7.73. The van der Waals surface area contributed by atoms with Crippen LogP contribution in [0.3, 0.4) is 0 Å². The molecule has 1 N–H and O–H groups in total. The van der Waals surface area contributed by atoms with E-state index in [-0.39, 0.29) is 19.0 Å². The largest absolute Gasteiger partial charge is 0.463 e. The molecule has 0 fully saturated rings. The zero-order valence-electron chi connectivity index (χ0n) is 8.97. The maximum atomic E-state index is 11.1. The maximum absolute atomic E-state index is 11.1. The van der Waals surface area contributed by atoms with Gasteiger partial charge in [-0.1, -0.05) is 13.3 Å². The Hall–Kier alpha value is -0.900. The minimum atomic E-state index is -0.330. The van der Waals surface area contributed by atoms with Crippen molar-refractivity contribution >= 4 is 11.7 Å². The van der Waals surface area contributed by atoms with Crippen LogP contribution in [0.15, 0.2) is 0 Å². The number of hydrogen-bond acceptors (Lipinski definition) is 4. The average Bonchev–Trinajstić information content (AvgIpc) is 2.15. The first-order valence-corrected chi connectivity index (χ1v) is 4.91. The second-order valence-electron chi connectivity index (χ2n) is 3.10. The average molecular weight is 201 g/mol. The minimum absolute atomic E-state index is 0.115. The van der Waals surface area contributed by atoms with E-state index in [4.69, 9.17) is 14.9 Å². The van der Waals surface area contributed by atoms with Crippen LogP contribution in [0.5, 0.6) is 0 Å². The van der Waals surface area contributed by atoms with Gasteiger partial charge in [0.15, 0.2) is 0 Å². The van der Waals surface area contributed by atoms with Gasteiger partial charge >= 0.3 is 5.97 Å². The fourth-order valence-electron chi connectivity index (χ4n) is 0.943. The quantitative estimate of drug-likeness (QED) is 0.370. The first-order chi connectivity index (χ1) is 6.70. The summed E-state index contributed by atoms with van der Waals surface area (Å²) in [6.07, 6.45) is 2.81. The highest BCUT2D eigenvalue weighted by Gasteiger charge is 2.06. The van der Waals surface area contributed by atoms with E-state index in [0.717, 1.165) is 12.8 Å². The molecule has 0 aromatic rings. The fraction of sp³-hybridized carbons (Fsp3) is 0.800. The van der Waals surface area contributed by atoms with Gasteiger partial charge in [-0.15, -0.1) is 0 Å². The zero-order valence-corrected chi connectivity index (χ0v) is 8.97. The van der Waals surface area contributed by atoms with Crippen molar-refractivity contribution in [3.8, 4) is 0 Å². The van der Waals surface area contributed by atoms with E-state index in [1.165, 1.54) is 0 Å². The van der Waals surface area contributed by atoms with Crippen molar-refractivity contribution in [1.82, 2.24) is 0 Å². The summed E-state index contributed by atoms with van der Waals surface area (Å²) in [5, 5.41) is 7.47. The van der Waals surface area contributed by atoms with Gasteiger partial charge in [0.25, 0.3) is 0 Å². The predicted molar refractivity (Wildman–Crippen MR) is 54.7 cm³/mol. The van der Waals surface area contributed by atoms with Crippen molar-refractivity contribution in [2.45, 2.75) is 32.6 Å². The molecule has 14 heavy (non-hydrogen) atoms. The molecular formula is C10H19NO3. The molecule has 0 aromatic heterocycles. The van der Waals surface area contributed by atoms with Crippen molar-refractivity contribution in [1.29, 1.82) is 5.41 Å². The lowest BCUT2D eigenvalue weighted by atomic mass is 10.1. The van der Waals surface area contributed by atoms with Gasteiger partial charge in [-0.25, -0.2) is 0 Å². The van der Waals surface area contributed by atoms with Crippen LogP contribution in [-0.4, -0.2) is 32.0 Å². The zero-order chi connectivity index (χ0) is 10.8. The van der Waals surface area contributed by atoms with Crippen LogP contribution >= 0.6 is 0 Å². The first-order valence-electron chi connectivity index (χ1n) is 4.91. The number of methoxy groups -OCH3 is 1. The van der Waals surface area contributed by atoms with Crippen LogP contribution in [-0.2, 0) is 14.3 Å². The lowest BCUT2D eigenvalue weighted by Crippen LogP contribution is -2.13. The summed E-state index contributed by atoms with van der Waals surface area (Å²) in [7, 11) is 1.55. The highest BCUT2D eigenvalue weighted by Crippen LogP contribution is 2.00. The van der Waals surface area contributed by atoms with Gasteiger partial charge in [0.1, 0.15) is 6.61 Å². The predicted octanol–water partition coefficient (Wildman–Crippen LogP) is 1.78. The molecule has 4 heteroatoms. The Labute approximate surface area is 85.1 Å². The molecule has 4 nitrogen and oxygen atoms in total. The lowest BCUT2D eigenvalue weighted by Gasteiger charge is -2.04. The molecule has 82 valence electrons. The highest BCUT2D eigenvalue weighted by molar-refractivity contribution is 5.97. The number of carbonyl (C=O) groups excluding carboxylic acids is 1. The van der Waals surface area contributed by atoms with Gasteiger partial charge in [0.2, 0.25) is 0 Å². The molecule has 0 saturated carbocycles. The minimum Gasteiger partial charge on any atom is -0.463 e. The van der Waals surface area contributed by atoms with E-state index >= 15 is 0 Å². The van der Waals surface area contributed by atoms with Crippen LogP contribution in [0.25, 0.3) is 0 Å². The SMILES string of the molecule is CCCCC(=N)CC(=O)OCCOC. The standard InChI is InChI=1S/C10H19NO3/c1-3-4-5-9(11)8-10(12)14-7-6-13-2/h11H,3-8H2,1-2H3. The van der Waals surface area contributed by atoms with Gasteiger partial charge in [0, 0.05) is 12.8 Å². The van der Waals surface area contributed by atoms with E-state index in [0.29, 0.717) is 18.7 Å². The number of ether oxygens (including phenoxy) is 2. The molecule has 0 aliphatic rings. The molecular weight excluding hydrogens is 182 g/mol. The Bertz CT molecular complexity index is 180. The monoisotopic (exact) mass is 201 g/mol. The summed E-state index contributed by atoms with van der Waals surface area (Å²) in [6, 6.07) is 0. The summed E-state index contributed by atoms with van der Waals surface area (Å²) in [5.74, 6) is -0.330. The molecule has 0 bridgehead atoms. The van der Waals surface area contributed by atoms with Gasteiger partial charge in [-0.2, -0.15) is 0 Å². The number of nitrogens with one attached hydrogen (secondary N) is 1. The molecule has 0 radical (unpaired) electrons. The Morgan fingerprint density at radius 3 is 2.64 bits per heavy atom. The molecule has 0 spiro atoms. The summed E-state index contributed by atoms with van der Waals surface area (Å²) < 4.78 is 9.56. The second-order valence-corrected chi connectivity index (χ2v) is 3.10. The Kier molecular flexibility index (Phi) is 8.13. The molecule has 0 rings (SSSR count). The lowest BCUT2D eigenvalue weighted by molar-refractivity contribution is -0.143. The Morgan fingerprint density at radius 2 is 2.07 bits per heavy atom. The molecule has 0 aliphatic heterocycles. The molecule has 0 saturated heterocycles. The summed E-state index contributed by atoms with van der Waals surface area (Å²) in [5.41, 5.74) is 0.453. The van der Waals surface area contributed by atoms with Crippen LogP contribution in [0.4, 0.5) is 0 Å². The van der Waals surface area contributed by atoms with Crippen molar-refractivity contribution < 1.29 is 14.3 Å². The van der Waals surface area contributed by atoms with Crippen molar-refractivity contribution in [3.63, 3.8) is 0 Å². The molecule has 0 heterocycles. The summed E-state index contributed by atoms with van der Waals surface area (Å²) in [6.45, 7) is 2.74. The van der Waals surface area contributed by atoms with E-state index in [1.807, 2.05) is 0 Å². The fourth-order valence-corrected chi connectivity index (χ4v) is 0.943. The normalized spacial score (nSPS) is 9.86. The number of esters is 1. The van der Waals surface area contributed by atoms with Gasteiger partial charge in [-0.05, 0) is 12.8 Å². The van der Waals surface area contributed by atoms with Gasteiger partial charge in [0.05, 0.1) is 13.0 Å². The molecule has 0 amide bonds. The van der Waals surface area contributed by atoms with Crippen molar-refractivity contribution in [2.75, 3.05) is 20.3 Å². The number of rotatable bonds is 8. The number of hydrogen-bond donors (Lipinski definition) is 1.